The van der Waals surface area contributed by atoms with Crippen LogP contribution in [0.25, 0.3) is 17.0 Å². The number of nitrogens with zero attached hydrogens (tertiary/aromatic N) is 1. The summed E-state index contributed by atoms with van der Waals surface area (Å²) in [5.74, 6) is 0. The summed E-state index contributed by atoms with van der Waals surface area (Å²) in [6.07, 6.45) is 7.99. The summed E-state index contributed by atoms with van der Waals surface area (Å²) in [7, 11) is 2.17. The molecular weight excluding hydrogens is 370 g/mol. The third kappa shape index (κ3) is 2.83. The molecule has 0 radical (unpaired) electrons. The van der Waals surface area contributed by atoms with E-state index in [2.05, 4.69) is 90.7 Å². The Morgan fingerprint density at radius 3 is 2.31 bits per heavy atom. The lowest BCUT2D eigenvalue weighted by Gasteiger charge is -2.32. The monoisotopic (exact) mass is 403 g/mol. The van der Waals surface area contributed by atoms with Crippen molar-refractivity contribution in [3.05, 3.63) is 68.4 Å². The maximum Gasteiger partial charge on any atom is 0.0513 e. The number of benzene rings is 2. The van der Waals surface area contributed by atoms with Gasteiger partial charge in [0.05, 0.1) is 5.52 Å². The van der Waals surface area contributed by atoms with Crippen LogP contribution in [0.2, 0.25) is 0 Å². The molecule has 2 aromatic carbocycles. The number of rotatable bonds is 3. The molecule has 1 aliphatic carbocycles. The Hall–Kier alpha value is -1.93. The third-order valence-electron chi connectivity index (χ3n) is 7.45. The Labute approximate surface area is 180 Å². The van der Waals surface area contributed by atoms with Crippen molar-refractivity contribution in [1.29, 1.82) is 0 Å². The number of thioether (sulfide) groups is 1. The minimum atomic E-state index is -0.0241. The molecule has 3 aromatic rings. The lowest BCUT2D eigenvalue weighted by Crippen LogP contribution is -2.23. The molecule has 2 heteroatoms. The summed E-state index contributed by atoms with van der Waals surface area (Å²) in [4.78, 5) is 1.45. The molecule has 1 aliphatic rings. The summed E-state index contributed by atoms with van der Waals surface area (Å²) in [5.41, 5.74) is 14.4. The fourth-order valence-corrected chi connectivity index (χ4v) is 6.29. The van der Waals surface area contributed by atoms with Gasteiger partial charge in [0.15, 0.2) is 0 Å². The average molecular weight is 404 g/mol. The molecule has 1 heterocycles. The van der Waals surface area contributed by atoms with E-state index in [1.165, 1.54) is 65.9 Å². The Bertz CT molecular complexity index is 1190. The van der Waals surface area contributed by atoms with E-state index in [-0.39, 0.29) is 5.41 Å². The quantitative estimate of drug-likeness (QED) is 0.414. The van der Waals surface area contributed by atoms with Crippen LogP contribution < -0.4 is 0 Å². The largest absolute Gasteiger partial charge is 0.350 e. The van der Waals surface area contributed by atoms with Crippen LogP contribution in [0.15, 0.2) is 28.8 Å². The van der Waals surface area contributed by atoms with Crippen molar-refractivity contribution in [2.75, 3.05) is 6.26 Å². The molecular formula is C27H33NS. The van der Waals surface area contributed by atoms with Crippen molar-refractivity contribution in [3.8, 4) is 0 Å². The van der Waals surface area contributed by atoms with E-state index in [4.69, 9.17) is 0 Å². The lowest BCUT2D eigenvalue weighted by molar-refractivity contribution is 0.607. The summed E-state index contributed by atoms with van der Waals surface area (Å²) < 4.78 is 2.29. The summed E-state index contributed by atoms with van der Waals surface area (Å²) >= 11 is 1.90. The van der Waals surface area contributed by atoms with Gasteiger partial charge in [-0.2, -0.15) is 0 Å². The first kappa shape index (κ1) is 20.3. The number of fused-ring (bicyclic) bond motifs is 2. The maximum absolute atomic E-state index is 2.49. The topological polar surface area (TPSA) is 4.93 Å². The second-order valence-electron chi connectivity index (χ2n) is 9.33. The molecule has 1 aromatic heterocycles. The van der Waals surface area contributed by atoms with E-state index in [0.717, 1.165) is 6.42 Å². The van der Waals surface area contributed by atoms with Gasteiger partial charge in [-0.3, -0.25) is 0 Å². The van der Waals surface area contributed by atoms with Gasteiger partial charge in [0.2, 0.25) is 0 Å². The minimum Gasteiger partial charge on any atom is -0.350 e. The van der Waals surface area contributed by atoms with Crippen LogP contribution >= 0.6 is 11.8 Å². The second-order valence-corrected chi connectivity index (χ2v) is 10.2. The van der Waals surface area contributed by atoms with E-state index < -0.39 is 0 Å². The maximum atomic E-state index is 2.49. The van der Waals surface area contributed by atoms with Crippen molar-refractivity contribution < 1.29 is 0 Å². The highest BCUT2D eigenvalue weighted by Gasteiger charge is 2.34. The molecule has 0 amide bonds. The first-order valence-electron chi connectivity index (χ1n) is 10.5. The van der Waals surface area contributed by atoms with Gasteiger partial charge >= 0.3 is 0 Å². The Morgan fingerprint density at radius 2 is 1.66 bits per heavy atom. The zero-order valence-electron chi connectivity index (χ0n) is 19.4. The van der Waals surface area contributed by atoms with E-state index in [9.17, 15) is 0 Å². The molecule has 0 unspecified atom stereocenters. The van der Waals surface area contributed by atoms with Gasteiger partial charge in [-0.15, -0.1) is 11.8 Å². The van der Waals surface area contributed by atoms with Gasteiger partial charge < -0.3 is 4.57 Å². The van der Waals surface area contributed by atoms with Crippen LogP contribution in [0.3, 0.4) is 0 Å². The molecule has 0 bridgehead atoms. The number of hydrogen-bond donors (Lipinski definition) is 0. The van der Waals surface area contributed by atoms with Gasteiger partial charge in [0, 0.05) is 28.9 Å². The molecule has 29 heavy (non-hydrogen) atoms. The highest BCUT2D eigenvalue weighted by Crippen LogP contribution is 2.48. The van der Waals surface area contributed by atoms with Gasteiger partial charge in [-0.1, -0.05) is 31.6 Å². The van der Waals surface area contributed by atoms with Crippen LogP contribution in [0.4, 0.5) is 0 Å². The zero-order valence-corrected chi connectivity index (χ0v) is 20.2. The van der Waals surface area contributed by atoms with Crippen molar-refractivity contribution in [2.24, 2.45) is 7.05 Å². The highest BCUT2D eigenvalue weighted by molar-refractivity contribution is 7.98. The van der Waals surface area contributed by atoms with E-state index in [0.29, 0.717) is 0 Å². The first-order chi connectivity index (χ1) is 13.6. The number of allylic oxidation sites excluding steroid dienone is 1. The molecule has 0 atom stereocenters. The molecule has 4 rings (SSSR count). The van der Waals surface area contributed by atoms with Gasteiger partial charge in [0.25, 0.3) is 0 Å². The van der Waals surface area contributed by atoms with Gasteiger partial charge in [-0.25, -0.2) is 0 Å². The van der Waals surface area contributed by atoms with Crippen LogP contribution in [-0.2, 0) is 18.9 Å². The number of hydrogen-bond acceptors (Lipinski definition) is 1. The van der Waals surface area contributed by atoms with Crippen LogP contribution in [0.1, 0.15) is 58.4 Å². The van der Waals surface area contributed by atoms with Gasteiger partial charge in [-0.05, 0) is 97.9 Å². The molecule has 0 saturated carbocycles. The molecule has 0 saturated heterocycles. The molecule has 0 aliphatic heterocycles. The summed E-state index contributed by atoms with van der Waals surface area (Å²) in [6.45, 7) is 16.2. The summed E-state index contributed by atoms with van der Waals surface area (Å²) in [5, 5.41) is 1.41. The molecule has 152 valence electrons. The smallest absolute Gasteiger partial charge is 0.0513 e. The third-order valence-corrected chi connectivity index (χ3v) is 8.37. The van der Waals surface area contributed by atoms with E-state index in [1.54, 1.807) is 0 Å². The molecule has 0 spiro atoms. The number of aromatic nitrogens is 1. The van der Waals surface area contributed by atoms with Crippen LogP contribution in [0, 0.1) is 34.6 Å². The van der Waals surface area contributed by atoms with Crippen molar-refractivity contribution in [1.82, 2.24) is 4.57 Å². The fraction of sp³-hybridized carbons (Fsp3) is 0.407. The Balaban J connectivity index is 1.97. The minimum absolute atomic E-state index is 0.0241. The second kappa shape index (κ2) is 6.80. The predicted molar refractivity (Wildman–Crippen MR) is 130 cm³/mol. The average Bonchev–Trinajstić information content (AvgIpc) is 3.27. The highest BCUT2D eigenvalue weighted by atomic mass is 32.2. The van der Waals surface area contributed by atoms with Crippen LogP contribution in [-0.4, -0.2) is 10.8 Å². The van der Waals surface area contributed by atoms with E-state index in [1.807, 2.05) is 11.8 Å². The lowest BCUT2D eigenvalue weighted by atomic mass is 9.74. The van der Waals surface area contributed by atoms with Crippen molar-refractivity contribution in [3.63, 3.8) is 0 Å². The first-order valence-corrected chi connectivity index (χ1v) is 11.7. The molecule has 0 N–H and O–H groups in total. The standard InChI is InChI=1S/C27H33NS/c1-15-12-20-13-21(14-23(20)17(3)16(15)2)27(6,7)24-22-10-11-28(8)25(22)18(4)19(5)26(24)29-9/h10-12,14H,13H2,1-9H3. The van der Waals surface area contributed by atoms with Crippen molar-refractivity contribution in [2.45, 2.75) is 65.2 Å². The fourth-order valence-electron chi connectivity index (χ4n) is 5.26. The summed E-state index contributed by atoms with van der Waals surface area (Å²) in [6, 6.07) is 4.73. The molecule has 0 fully saturated rings. The molecule has 1 nitrogen and oxygen atoms in total. The SMILES string of the molecule is CSc1c(C)c(C)c2c(ccn2C)c1C(C)(C)C1=Cc2c(cc(C)c(C)c2C)C1. The Morgan fingerprint density at radius 1 is 0.966 bits per heavy atom. The predicted octanol–water partition coefficient (Wildman–Crippen LogP) is 7.36. The Kier molecular flexibility index (Phi) is 4.77. The number of aryl methyl sites for hydroxylation is 3. The van der Waals surface area contributed by atoms with Gasteiger partial charge in [0.1, 0.15) is 0 Å². The zero-order chi connectivity index (χ0) is 21.2. The van der Waals surface area contributed by atoms with Crippen molar-refractivity contribution >= 4 is 28.7 Å². The van der Waals surface area contributed by atoms with E-state index >= 15 is 0 Å². The normalized spacial score (nSPS) is 13.9. The van der Waals surface area contributed by atoms with Crippen LogP contribution in [0.5, 0.6) is 0 Å².